The van der Waals surface area contributed by atoms with Gasteiger partial charge in [-0.05, 0) is 118 Å². The van der Waals surface area contributed by atoms with E-state index in [-0.39, 0.29) is 33.0 Å². The van der Waals surface area contributed by atoms with Crippen molar-refractivity contribution in [2.75, 3.05) is 41.1 Å². The third-order valence-corrected chi connectivity index (χ3v) is 10.2. The van der Waals surface area contributed by atoms with Gasteiger partial charge in [-0.25, -0.2) is 12.8 Å². The van der Waals surface area contributed by atoms with Gasteiger partial charge in [0.05, 0.1) is 15.6 Å². The summed E-state index contributed by atoms with van der Waals surface area (Å²) in [5.41, 5.74) is 2.29. The molecule has 2 N–H and O–H groups in total. The van der Waals surface area contributed by atoms with Crippen molar-refractivity contribution in [1.29, 1.82) is 0 Å². The monoisotopic (exact) mass is 662 g/mol. The fraction of sp³-hybridized carbons (Fsp3) is 0.286. The van der Waals surface area contributed by atoms with Gasteiger partial charge in [-0.3, -0.25) is 9.52 Å². The van der Waals surface area contributed by atoms with Crippen LogP contribution in [-0.4, -0.2) is 51.4 Å². The quantitative estimate of drug-likeness (QED) is 0.190. The maximum absolute atomic E-state index is 13.4. The zero-order valence-electron chi connectivity index (χ0n) is 25.3. The number of amides is 1. The van der Waals surface area contributed by atoms with Gasteiger partial charge in [0.15, 0.2) is 5.75 Å². The molecule has 11 heteroatoms. The second kappa shape index (κ2) is 14.1. The van der Waals surface area contributed by atoms with Gasteiger partial charge in [0.2, 0.25) is 0 Å². The first kappa shape index (κ1) is 31.8. The van der Waals surface area contributed by atoms with E-state index in [1.165, 1.54) is 87.7 Å². The van der Waals surface area contributed by atoms with E-state index in [0.29, 0.717) is 17.3 Å². The van der Waals surface area contributed by atoms with Crippen LogP contribution in [0.4, 0.5) is 21.5 Å². The number of carbonyl (C=O) groups is 1. The van der Waals surface area contributed by atoms with E-state index in [4.69, 9.17) is 16.3 Å². The Morgan fingerprint density at radius 3 is 2.22 bits per heavy atom. The van der Waals surface area contributed by atoms with Crippen molar-refractivity contribution < 1.29 is 22.3 Å². The summed E-state index contributed by atoms with van der Waals surface area (Å²) < 4.78 is 48.1. The van der Waals surface area contributed by atoms with Gasteiger partial charge in [-0.2, -0.15) is 0 Å². The number of benzene rings is 4. The van der Waals surface area contributed by atoms with E-state index in [9.17, 15) is 17.6 Å². The third-order valence-electron chi connectivity index (χ3n) is 8.53. The van der Waals surface area contributed by atoms with Crippen LogP contribution < -0.4 is 19.7 Å². The van der Waals surface area contributed by atoms with Gasteiger partial charge in [0.25, 0.3) is 15.9 Å². The number of nitrogens with zero attached hydrogens (tertiary/aromatic N) is 2. The molecule has 0 saturated carbocycles. The molecule has 0 unspecified atom stereocenters. The van der Waals surface area contributed by atoms with Crippen molar-refractivity contribution in [3.05, 3.63) is 107 Å². The molecule has 46 heavy (non-hydrogen) atoms. The average Bonchev–Trinajstić information content (AvgIpc) is 3.07. The minimum absolute atomic E-state index is 0.0351. The zero-order valence-corrected chi connectivity index (χ0v) is 26.9. The molecule has 0 spiro atoms. The van der Waals surface area contributed by atoms with Gasteiger partial charge in [-0.15, -0.1) is 0 Å². The fourth-order valence-electron chi connectivity index (χ4n) is 6.04. The molecule has 1 amide bonds. The van der Waals surface area contributed by atoms with Crippen molar-refractivity contribution in [3.63, 3.8) is 0 Å². The van der Waals surface area contributed by atoms with Crippen LogP contribution in [0.1, 0.15) is 42.5 Å². The first-order chi connectivity index (χ1) is 22.2. The number of carbonyl (C=O) groups excluding carboxylic acids is 1. The highest BCUT2D eigenvalue weighted by Crippen LogP contribution is 2.35. The molecule has 2 saturated heterocycles. The van der Waals surface area contributed by atoms with E-state index in [1.807, 2.05) is 24.3 Å². The maximum Gasteiger partial charge on any atom is 0.262 e. The smallest absolute Gasteiger partial charge is 0.262 e. The van der Waals surface area contributed by atoms with Crippen LogP contribution in [0.3, 0.4) is 0 Å². The molecule has 0 atom stereocenters. The summed E-state index contributed by atoms with van der Waals surface area (Å²) in [6, 6.07) is 24.3. The topological polar surface area (TPSA) is 91.0 Å². The number of nitrogens with one attached hydrogen (secondary N) is 2. The summed E-state index contributed by atoms with van der Waals surface area (Å²) >= 11 is 6.08. The Bertz CT molecular complexity index is 1770. The summed E-state index contributed by atoms with van der Waals surface area (Å²) in [4.78, 5) is 18.0. The predicted molar refractivity (Wildman–Crippen MR) is 180 cm³/mol. The van der Waals surface area contributed by atoms with Gasteiger partial charge in [0, 0.05) is 36.1 Å². The lowest BCUT2D eigenvalue weighted by molar-refractivity contribution is 0.102. The summed E-state index contributed by atoms with van der Waals surface area (Å²) in [5.74, 6) is -0.506. The Hall–Kier alpha value is -4.12. The molecular weight excluding hydrogens is 627 g/mol. The molecule has 0 radical (unpaired) electrons. The lowest BCUT2D eigenvalue weighted by Crippen LogP contribution is -2.46. The first-order valence-electron chi connectivity index (χ1n) is 15.5. The van der Waals surface area contributed by atoms with E-state index in [1.54, 1.807) is 18.2 Å². The van der Waals surface area contributed by atoms with Crippen LogP contribution in [0.2, 0.25) is 5.02 Å². The molecule has 4 aromatic carbocycles. The lowest BCUT2D eigenvalue weighted by atomic mass is 9.99. The second-order valence-corrected chi connectivity index (χ2v) is 13.7. The highest BCUT2D eigenvalue weighted by molar-refractivity contribution is 7.92. The van der Waals surface area contributed by atoms with Crippen molar-refractivity contribution in [2.24, 2.45) is 0 Å². The summed E-state index contributed by atoms with van der Waals surface area (Å²) in [6.45, 7) is 4.51. The molecule has 2 fully saturated rings. The van der Waals surface area contributed by atoms with Gasteiger partial charge < -0.3 is 19.9 Å². The molecule has 0 aromatic heterocycles. The molecule has 0 bridgehead atoms. The molecular formula is C35H36ClFN4O4S. The minimum Gasteiger partial charge on any atom is -0.454 e. The van der Waals surface area contributed by atoms with Crippen LogP contribution in [0.25, 0.3) is 0 Å². The minimum atomic E-state index is -4.03. The summed E-state index contributed by atoms with van der Waals surface area (Å²) in [5, 5.41) is 2.94. The zero-order chi connectivity index (χ0) is 32.1. The summed E-state index contributed by atoms with van der Waals surface area (Å²) in [6.07, 6.45) is 6.33. The number of anilines is 3. The number of piperidine rings is 2. The highest BCUT2D eigenvalue weighted by atomic mass is 35.5. The maximum atomic E-state index is 13.4. The average molecular weight is 663 g/mol. The van der Waals surface area contributed by atoms with E-state index in [2.05, 4.69) is 19.8 Å². The number of rotatable bonds is 9. The van der Waals surface area contributed by atoms with E-state index in [0.717, 1.165) is 24.8 Å². The van der Waals surface area contributed by atoms with Crippen molar-refractivity contribution in [1.82, 2.24) is 4.90 Å². The Morgan fingerprint density at radius 1 is 0.826 bits per heavy atom. The van der Waals surface area contributed by atoms with Gasteiger partial charge in [-0.1, -0.05) is 30.2 Å². The van der Waals surface area contributed by atoms with E-state index < -0.39 is 15.8 Å². The SMILES string of the molecule is O=C(Nc1ccc(N2CCC(N3CCCCC3)CC2)cc1)c1ccc(S(=O)(=O)Nc2ccccc2Oc2ccc(F)cc2Cl)cc1. The molecule has 240 valence electrons. The van der Waals surface area contributed by atoms with Crippen LogP contribution >= 0.6 is 11.6 Å². The Balaban J connectivity index is 1.05. The number of hydrogen-bond donors (Lipinski definition) is 2. The van der Waals surface area contributed by atoms with Crippen molar-refractivity contribution in [2.45, 2.75) is 43.0 Å². The normalized spacial score (nSPS) is 16.2. The van der Waals surface area contributed by atoms with Crippen molar-refractivity contribution >= 4 is 44.6 Å². The fourth-order valence-corrected chi connectivity index (χ4v) is 7.31. The third kappa shape index (κ3) is 7.63. The second-order valence-electron chi connectivity index (χ2n) is 11.6. The van der Waals surface area contributed by atoms with E-state index >= 15 is 0 Å². The number of ether oxygens (including phenoxy) is 1. The molecule has 2 aliphatic heterocycles. The predicted octanol–water partition coefficient (Wildman–Crippen LogP) is 7.78. The number of hydrogen-bond acceptors (Lipinski definition) is 6. The molecule has 0 aliphatic carbocycles. The number of likely N-dealkylation sites (tertiary alicyclic amines) is 1. The molecule has 4 aromatic rings. The Labute approximate surface area is 274 Å². The van der Waals surface area contributed by atoms with Crippen LogP contribution in [0, 0.1) is 5.82 Å². The van der Waals surface area contributed by atoms with Crippen molar-refractivity contribution in [3.8, 4) is 11.5 Å². The summed E-state index contributed by atoms with van der Waals surface area (Å²) in [7, 11) is -4.03. The Kier molecular flexibility index (Phi) is 9.77. The standard InChI is InChI=1S/C35H36ClFN4O4S/c36-31-24-26(37)10-17-33(31)45-34-7-3-2-6-32(34)39-46(43,44)30-15-8-25(9-16-30)35(42)38-27-11-13-28(14-12-27)41-22-18-29(19-23-41)40-20-4-1-5-21-40/h2-3,6-17,24,29,39H,1,4-5,18-23H2,(H,38,42). The van der Waals surface area contributed by atoms with Crippen LogP contribution in [0.5, 0.6) is 11.5 Å². The number of para-hydroxylation sites is 2. The lowest BCUT2D eigenvalue weighted by Gasteiger charge is -2.41. The Morgan fingerprint density at radius 2 is 1.52 bits per heavy atom. The molecule has 8 nitrogen and oxygen atoms in total. The largest absolute Gasteiger partial charge is 0.454 e. The molecule has 2 heterocycles. The molecule has 6 rings (SSSR count). The first-order valence-corrected chi connectivity index (χ1v) is 17.4. The highest BCUT2D eigenvalue weighted by Gasteiger charge is 2.26. The number of halogens is 2. The van der Waals surface area contributed by atoms with Crippen LogP contribution in [0.15, 0.2) is 95.9 Å². The molecule has 2 aliphatic rings. The van der Waals surface area contributed by atoms with Gasteiger partial charge in [0.1, 0.15) is 11.6 Å². The van der Waals surface area contributed by atoms with Gasteiger partial charge >= 0.3 is 0 Å². The number of sulfonamides is 1. The van der Waals surface area contributed by atoms with Crippen LogP contribution in [-0.2, 0) is 10.0 Å².